The summed E-state index contributed by atoms with van der Waals surface area (Å²) in [7, 11) is 0. The maximum atomic E-state index is 12.0. The summed E-state index contributed by atoms with van der Waals surface area (Å²) in [5.41, 5.74) is 6.68. The highest BCUT2D eigenvalue weighted by Gasteiger charge is 2.25. The number of rotatable bonds is 6. The van der Waals surface area contributed by atoms with Gasteiger partial charge in [-0.1, -0.05) is 30.3 Å². The first-order chi connectivity index (χ1) is 10.1. The molecule has 2 amide bonds. The van der Waals surface area contributed by atoms with Crippen LogP contribution >= 0.6 is 0 Å². The number of hydrogen-bond acceptors (Lipinski definition) is 3. The van der Waals surface area contributed by atoms with Crippen molar-refractivity contribution in [2.24, 2.45) is 5.73 Å². The minimum atomic E-state index is -0.181. The maximum Gasteiger partial charge on any atom is 0.222 e. The van der Waals surface area contributed by atoms with Crippen molar-refractivity contribution in [2.75, 3.05) is 13.1 Å². The molecule has 0 spiro atoms. The number of carbonyl (C=O) groups is 2. The molecule has 1 aromatic rings. The van der Waals surface area contributed by atoms with E-state index in [1.165, 1.54) is 0 Å². The number of benzene rings is 1. The van der Waals surface area contributed by atoms with Crippen LogP contribution in [0.2, 0.25) is 0 Å². The lowest BCUT2D eigenvalue weighted by Crippen LogP contribution is -2.40. The van der Waals surface area contributed by atoms with E-state index in [9.17, 15) is 9.59 Å². The van der Waals surface area contributed by atoms with Crippen LogP contribution in [0.25, 0.3) is 0 Å². The Morgan fingerprint density at radius 3 is 2.67 bits per heavy atom. The number of nitrogens with one attached hydrogen (secondary N) is 1. The normalized spacial score (nSPS) is 17.6. The fourth-order valence-electron chi connectivity index (χ4n) is 2.58. The van der Waals surface area contributed by atoms with Crippen LogP contribution in [0, 0.1) is 0 Å². The molecule has 3 N–H and O–H groups in total. The standard InChI is InChI=1S/C16H23N3O2/c1-12(17)10-15(20)18-14(13-6-3-2-4-7-13)11-19-9-5-8-16(19)21/h2-4,6-7,12,14H,5,8-11,17H2,1H3,(H,18,20). The average Bonchev–Trinajstić information content (AvgIpc) is 2.84. The van der Waals surface area contributed by atoms with Gasteiger partial charge in [0.25, 0.3) is 0 Å². The Morgan fingerprint density at radius 1 is 1.38 bits per heavy atom. The zero-order chi connectivity index (χ0) is 15.2. The van der Waals surface area contributed by atoms with Crippen LogP contribution in [0.5, 0.6) is 0 Å². The molecule has 1 heterocycles. The van der Waals surface area contributed by atoms with E-state index in [1.54, 1.807) is 6.92 Å². The molecule has 1 aliphatic rings. The molecule has 114 valence electrons. The zero-order valence-corrected chi connectivity index (χ0v) is 12.4. The van der Waals surface area contributed by atoms with Crippen molar-refractivity contribution in [1.29, 1.82) is 0 Å². The summed E-state index contributed by atoms with van der Waals surface area (Å²) in [6.45, 7) is 3.10. The summed E-state index contributed by atoms with van der Waals surface area (Å²) in [5.74, 6) is 0.0860. The van der Waals surface area contributed by atoms with Crippen molar-refractivity contribution < 1.29 is 9.59 Å². The summed E-state index contributed by atoms with van der Waals surface area (Å²) in [4.78, 5) is 25.6. The van der Waals surface area contributed by atoms with Crippen molar-refractivity contribution in [1.82, 2.24) is 10.2 Å². The van der Waals surface area contributed by atoms with Gasteiger partial charge in [0.05, 0.1) is 6.04 Å². The summed E-state index contributed by atoms with van der Waals surface area (Å²) < 4.78 is 0. The van der Waals surface area contributed by atoms with Gasteiger partial charge < -0.3 is 16.0 Å². The Labute approximate surface area is 125 Å². The third-order valence-electron chi connectivity index (χ3n) is 3.62. The summed E-state index contributed by atoms with van der Waals surface area (Å²) in [5, 5.41) is 3.00. The van der Waals surface area contributed by atoms with Gasteiger partial charge in [-0.15, -0.1) is 0 Å². The monoisotopic (exact) mass is 289 g/mol. The zero-order valence-electron chi connectivity index (χ0n) is 12.4. The van der Waals surface area contributed by atoms with E-state index in [0.717, 1.165) is 18.5 Å². The Kier molecular flexibility index (Phi) is 5.33. The highest BCUT2D eigenvalue weighted by Crippen LogP contribution is 2.18. The number of nitrogens with zero attached hydrogens (tertiary/aromatic N) is 1. The summed E-state index contributed by atoms with van der Waals surface area (Å²) >= 11 is 0. The molecule has 2 unspecified atom stereocenters. The van der Waals surface area contributed by atoms with Gasteiger partial charge in [0.2, 0.25) is 11.8 Å². The van der Waals surface area contributed by atoms with E-state index in [1.807, 2.05) is 35.2 Å². The molecule has 2 atom stereocenters. The largest absolute Gasteiger partial charge is 0.347 e. The molecular formula is C16H23N3O2. The molecule has 1 saturated heterocycles. The average molecular weight is 289 g/mol. The van der Waals surface area contributed by atoms with Crippen molar-refractivity contribution in [3.05, 3.63) is 35.9 Å². The first-order valence-electron chi connectivity index (χ1n) is 7.44. The van der Waals surface area contributed by atoms with Gasteiger partial charge in [0.15, 0.2) is 0 Å². The first-order valence-corrected chi connectivity index (χ1v) is 7.44. The smallest absolute Gasteiger partial charge is 0.222 e. The molecule has 5 nitrogen and oxygen atoms in total. The number of nitrogens with two attached hydrogens (primary N) is 1. The van der Waals surface area contributed by atoms with Crippen LogP contribution in [0.4, 0.5) is 0 Å². The minimum Gasteiger partial charge on any atom is -0.347 e. The van der Waals surface area contributed by atoms with Gasteiger partial charge >= 0.3 is 0 Å². The molecule has 21 heavy (non-hydrogen) atoms. The van der Waals surface area contributed by atoms with Gasteiger partial charge in [0, 0.05) is 32.0 Å². The van der Waals surface area contributed by atoms with Crippen LogP contribution in [0.3, 0.4) is 0 Å². The van der Waals surface area contributed by atoms with E-state index in [2.05, 4.69) is 5.32 Å². The molecule has 5 heteroatoms. The minimum absolute atomic E-state index is 0.0782. The van der Waals surface area contributed by atoms with E-state index >= 15 is 0 Å². The summed E-state index contributed by atoms with van der Waals surface area (Å²) in [6, 6.07) is 9.40. The molecule has 1 fully saturated rings. The fraction of sp³-hybridized carbons (Fsp3) is 0.500. The Balaban J connectivity index is 2.07. The lowest BCUT2D eigenvalue weighted by atomic mass is 10.1. The van der Waals surface area contributed by atoms with Crippen molar-refractivity contribution in [2.45, 2.75) is 38.3 Å². The molecular weight excluding hydrogens is 266 g/mol. The van der Waals surface area contributed by atoms with Gasteiger partial charge in [-0.2, -0.15) is 0 Å². The highest BCUT2D eigenvalue weighted by atomic mass is 16.2. The SMILES string of the molecule is CC(N)CC(=O)NC(CN1CCCC1=O)c1ccccc1. The third kappa shape index (κ3) is 4.56. The molecule has 0 aromatic heterocycles. The van der Waals surface area contributed by atoms with Gasteiger partial charge in [0.1, 0.15) is 0 Å². The van der Waals surface area contributed by atoms with Crippen LogP contribution in [0.15, 0.2) is 30.3 Å². The second-order valence-electron chi connectivity index (χ2n) is 5.66. The molecule has 0 bridgehead atoms. The Bertz CT molecular complexity index is 488. The van der Waals surface area contributed by atoms with Crippen LogP contribution in [0.1, 0.15) is 37.8 Å². The van der Waals surface area contributed by atoms with E-state index in [-0.39, 0.29) is 30.3 Å². The maximum absolute atomic E-state index is 12.0. The second-order valence-corrected chi connectivity index (χ2v) is 5.66. The molecule has 1 aliphatic heterocycles. The van der Waals surface area contributed by atoms with Crippen LogP contribution in [-0.2, 0) is 9.59 Å². The van der Waals surface area contributed by atoms with Crippen molar-refractivity contribution >= 4 is 11.8 Å². The predicted molar refractivity (Wildman–Crippen MR) is 81.4 cm³/mol. The fourth-order valence-corrected chi connectivity index (χ4v) is 2.58. The number of amides is 2. The molecule has 2 rings (SSSR count). The quantitative estimate of drug-likeness (QED) is 0.826. The van der Waals surface area contributed by atoms with E-state index in [0.29, 0.717) is 13.0 Å². The molecule has 0 saturated carbocycles. The van der Waals surface area contributed by atoms with Crippen molar-refractivity contribution in [3.63, 3.8) is 0 Å². The van der Waals surface area contributed by atoms with Gasteiger partial charge in [-0.3, -0.25) is 9.59 Å². The molecule has 0 aliphatic carbocycles. The first kappa shape index (κ1) is 15.5. The third-order valence-corrected chi connectivity index (χ3v) is 3.62. The number of hydrogen-bond donors (Lipinski definition) is 2. The highest BCUT2D eigenvalue weighted by molar-refractivity contribution is 5.79. The topological polar surface area (TPSA) is 75.4 Å². The molecule has 0 radical (unpaired) electrons. The lowest BCUT2D eigenvalue weighted by molar-refractivity contribution is -0.129. The van der Waals surface area contributed by atoms with E-state index in [4.69, 9.17) is 5.73 Å². The lowest BCUT2D eigenvalue weighted by Gasteiger charge is -2.25. The van der Waals surface area contributed by atoms with Crippen molar-refractivity contribution in [3.8, 4) is 0 Å². The molecule has 1 aromatic carbocycles. The Hall–Kier alpha value is -1.88. The summed E-state index contributed by atoms with van der Waals surface area (Å²) in [6.07, 6.45) is 1.79. The number of likely N-dealkylation sites (tertiary alicyclic amines) is 1. The Morgan fingerprint density at radius 2 is 2.10 bits per heavy atom. The van der Waals surface area contributed by atoms with E-state index < -0.39 is 0 Å². The van der Waals surface area contributed by atoms with Crippen LogP contribution in [-0.4, -0.2) is 35.8 Å². The number of carbonyl (C=O) groups excluding carboxylic acids is 2. The van der Waals surface area contributed by atoms with Gasteiger partial charge in [-0.25, -0.2) is 0 Å². The second kappa shape index (κ2) is 7.22. The van der Waals surface area contributed by atoms with Gasteiger partial charge in [-0.05, 0) is 18.9 Å². The predicted octanol–water partition coefficient (Wildman–Crippen LogP) is 1.20. The van der Waals surface area contributed by atoms with Crippen LogP contribution < -0.4 is 11.1 Å².